The minimum absolute atomic E-state index is 0.454. The van der Waals surface area contributed by atoms with Gasteiger partial charge in [-0.15, -0.1) is 11.3 Å². The number of benzene rings is 2. The number of hydrogen-bond donors (Lipinski definition) is 1. The summed E-state index contributed by atoms with van der Waals surface area (Å²) in [5.41, 5.74) is 0.957. The summed E-state index contributed by atoms with van der Waals surface area (Å²) in [7, 11) is 1.61. The van der Waals surface area contributed by atoms with Crippen molar-refractivity contribution in [2.75, 3.05) is 7.11 Å². The normalized spacial score (nSPS) is 11.7. The molecule has 0 radical (unpaired) electrons. The van der Waals surface area contributed by atoms with E-state index in [4.69, 9.17) is 9.47 Å². The predicted octanol–water partition coefficient (Wildman–Crippen LogP) is 4.96. The molecule has 0 aliphatic rings. The summed E-state index contributed by atoms with van der Waals surface area (Å²) >= 11 is 1.47. The highest BCUT2D eigenvalue weighted by Crippen LogP contribution is 2.28. The molecule has 0 saturated heterocycles. The van der Waals surface area contributed by atoms with Crippen LogP contribution < -0.4 is 9.47 Å². The summed E-state index contributed by atoms with van der Waals surface area (Å²) in [5, 5.41) is 11.4. The standard InChI is InChI=1S/C20H18O4S/c1-23-16-4-2-5-17(13-16)24-15-9-7-14(8-10-15)12-18(20(21)22)19-6-3-11-25-19/h2-11,13,18H,12H2,1H3,(H,21,22). The van der Waals surface area contributed by atoms with Gasteiger partial charge in [-0.1, -0.05) is 24.3 Å². The van der Waals surface area contributed by atoms with Gasteiger partial charge in [-0.25, -0.2) is 0 Å². The van der Waals surface area contributed by atoms with Gasteiger partial charge in [-0.2, -0.15) is 0 Å². The van der Waals surface area contributed by atoms with Gasteiger partial charge in [0.1, 0.15) is 17.2 Å². The number of ether oxygens (including phenoxy) is 2. The largest absolute Gasteiger partial charge is 0.497 e. The maximum atomic E-state index is 11.5. The van der Waals surface area contributed by atoms with Crippen LogP contribution in [0.15, 0.2) is 66.0 Å². The van der Waals surface area contributed by atoms with Crippen molar-refractivity contribution in [3.8, 4) is 17.2 Å². The van der Waals surface area contributed by atoms with E-state index in [0.717, 1.165) is 16.2 Å². The van der Waals surface area contributed by atoms with Crippen LogP contribution in [0.5, 0.6) is 17.2 Å². The molecule has 3 rings (SSSR count). The van der Waals surface area contributed by atoms with Gasteiger partial charge in [-0.3, -0.25) is 4.79 Å². The molecule has 0 amide bonds. The van der Waals surface area contributed by atoms with Crippen LogP contribution in [0, 0.1) is 0 Å². The lowest BCUT2D eigenvalue weighted by molar-refractivity contribution is -0.138. The monoisotopic (exact) mass is 354 g/mol. The van der Waals surface area contributed by atoms with Crippen molar-refractivity contribution >= 4 is 17.3 Å². The van der Waals surface area contributed by atoms with Crippen LogP contribution in [-0.4, -0.2) is 18.2 Å². The second kappa shape index (κ2) is 7.85. The van der Waals surface area contributed by atoms with E-state index in [2.05, 4.69) is 0 Å². The molecule has 5 heteroatoms. The Bertz CT molecular complexity index is 825. The second-order valence-corrected chi connectivity index (χ2v) is 6.51. The Morgan fingerprint density at radius 3 is 2.44 bits per heavy atom. The van der Waals surface area contributed by atoms with Gasteiger partial charge in [-0.05, 0) is 47.7 Å². The molecular formula is C20H18O4S. The van der Waals surface area contributed by atoms with Crippen molar-refractivity contribution in [3.05, 3.63) is 76.5 Å². The van der Waals surface area contributed by atoms with Crippen LogP contribution in [-0.2, 0) is 11.2 Å². The number of rotatable bonds is 7. The Kier molecular flexibility index (Phi) is 5.36. The van der Waals surface area contributed by atoms with Crippen molar-refractivity contribution in [3.63, 3.8) is 0 Å². The third-order valence-electron chi connectivity index (χ3n) is 3.82. The third-order valence-corrected chi connectivity index (χ3v) is 4.81. The topological polar surface area (TPSA) is 55.8 Å². The molecule has 1 unspecified atom stereocenters. The van der Waals surface area contributed by atoms with Gasteiger partial charge in [0, 0.05) is 10.9 Å². The first-order valence-corrected chi connectivity index (χ1v) is 8.71. The van der Waals surface area contributed by atoms with Crippen molar-refractivity contribution < 1.29 is 19.4 Å². The van der Waals surface area contributed by atoms with E-state index < -0.39 is 11.9 Å². The van der Waals surface area contributed by atoms with Crippen LogP contribution in [0.4, 0.5) is 0 Å². The van der Waals surface area contributed by atoms with E-state index >= 15 is 0 Å². The first-order valence-electron chi connectivity index (χ1n) is 7.83. The predicted molar refractivity (Wildman–Crippen MR) is 97.9 cm³/mol. The number of thiophene rings is 1. The lowest BCUT2D eigenvalue weighted by atomic mass is 9.98. The van der Waals surface area contributed by atoms with Gasteiger partial charge in [0.25, 0.3) is 0 Å². The quantitative estimate of drug-likeness (QED) is 0.651. The smallest absolute Gasteiger partial charge is 0.312 e. The SMILES string of the molecule is COc1cccc(Oc2ccc(CC(C(=O)O)c3cccs3)cc2)c1. The molecule has 4 nitrogen and oxygen atoms in total. The van der Waals surface area contributed by atoms with Gasteiger partial charge in [0.15, 0.2) is 0 Å². The molecule has 25 heavy (non-hydrogen) atoms. The zero-order valence-corrected chi connectivity index (χ0v) is 14.5. The van der Waals surface area contributed by atoms with Gasteiger partial charge < -0.3 is 14.6 Å². The van der Waals surface area contributed by atoms with E-state index in [1.54, 1.807) is 7.11 Å². The molecule has 1 aromatic heterocycles. The van der Waals surface area contributed by atoms with Crippen LogP contribution in [0.3, 0.4) is 0 Å². The Morgan fingerprint density at radius 1 is 1.04 bits per heavy atom. The zero-order chi connectivity index (χ0) is 17.6. The maximum Gasteiger partial charge on any atom is 0.312 e. The van der Waals surface area contributed by atoms with Crippen molar-refractivity contribution in [2.24, 2.45) is 0 Å². The lowest BCUT2D eigenvalue weighted by Crippen LogP contribution is -2.13. The van der Waals surface area contributed by atoms with Gasteiger partial charge in [0.2, 0.25) is 0 Å². The summed E-state index contributed by atoms with van der Waals surface area (Å²) in [4.78, 5) is 12.4. The highest BCUT2D eigenvalue weighted by molar-refractivity contribution is 7.10. The number of hydrogen-bond acceptors (Lipinski definition) is 4. The van der Waals surface area contributed by atoms with E-state index in [0.29, 0.717) is 17.9 Å². The van der Waals surface area contributed by atoms with Crippen LogP contribution in [0.2, 0.25) is 0 Å². The number of carboxylic acids is 1. The van der Waals surface area contributed by atoms with Crippen molar-refractivity contribution in [1.29, 1.82) is 0 Å². The molecule has 2 aromatic carbocycles. The number of methoxy groups -OCH3 is 1. The summed E-state index contributed by atoms with van der Waals surface area (Å²) in [6.07, 6.45) is 0.454. The molecule has 1 N–H and O–H groups in total. The maximum absolute atomic E-state index is 11.5. The molecule has 0 fully saturated rings. The summed E-state index contributed by atoms with van der Waals surface area (Å²) < 4.78 is 11.0. The molecule has 0 aliphatic carbocycles. The van der Waals surface area contributed by atoms with Gasteiger partial charge >= 0.3 is 5.97 Å². The molecule has 3 aromatic rings. The Labute approximate surface area is 150 Å². The minimum atomic E-state index is -0.806. The number of carboxylic acid groups (broad SMARTS) is 1. The molecule has 0 spiro atoms. The second-order valence-electron chi connectivity index (χ2n) is 5.54. The molecule has 0 saturated carbocycles. The highest BCUT2D eigenvalue weighted by Gasteiger charge is 2.21. The fourth-order valence-corrected chi connectivity index (χ4v) is 3.35. The number of aliphatic carboxylic acids is 1. The Morgan fingerprint density at radius 2 is 1.80 bits per heavy atom. The fraction of sp³-hybridized carbons (Fsp3) is 0.150. The molecule has 1 heterocycles. The molecular weight excluding hydrogens is 336 g/mol. The van der Waals surface area contributed by atoms with Crippen LogP contribution in [0.1, 0.15) is 16.4 Å². The highest BCUT2D eigenvalue weighted by atomic mass is 32.1. The molecule has 0 aliphatic heterocycles. The van der Waals surface area contributed by atoms with E-state index in [-0.39, 0.29) is 0 Å². The Balaban J connectivity index is 1.70. The molecule has 128 valence electrons. The fourth-order valence-electron chi connectivity index (χ4n) is 2.53. The first-order chi connectivity index (χ1) is 12.2. The van der Waals surface area contributed by atoms with Crippen LogP contribution in [0.25, 0.3) is 0 Å². The molecule has 1 atom stereocenters. The summed E-state index contributed by atoms with van der Waals surface area (Å²) in [5.74, 6) is 0.785. The van der Waals surface area contributed by atoms with E-state index in [1.165, 1.54) is 11.3 Å². The van der Waals surface area contributed by atoms with E-state index in [1.807, 2.05) is 66.0 Å². The average Bonchev–Trinajstić information content (AvgIpc) is 3.15. The summed E-state index contributed by atoms with van der Waals surface area (Å²) in [6.45, 7) is 0. The zero-order valence-electron chi connectivity index (χ0n) is 13.7. The Hall–Kier alpha value is -2.79. The lowest BCUT2D eigenvalue weighted by Gasteiger charge is -2.12. The van der Waals surface area contributed by atoms with Gasteiger partial charge in [0.05, 0.1) is 13.0 Å². The molecule has 0 bridgehead atoms. The van der Waals surface area contributed by atoms with E-state index in [9.17, 15) is 9.90 Å². The van der Waals surface area contributed by atoms with Crippen molar-refractivity contribution in [1.82, 2.24) is 0 Å². The first kappa shape index (κ1) is 17.0. The average molecular weight is 354 g/mol. The number of carbonyl (C=O) groups is 1. The minimum Gasteiger partial charge on any atom is -0.497 e. The summed E-state index contributed by atoms with van der Waals surface area (Å²) in [6, 6.07) is 18.6. The van der Waals surface area contributed by atoms with Crippen molar-refractivity contribution in [2.45, 2.75) is 12.3 Å². The van der Waals surface area contributed by atoms with Crippen LogP contribution >= 0.6 is 11.3 Å². The third kappa shape index (κ3) is 4.39.